The minimum absolute atomic E-state index is 0.477. The number of aliphatic hydroxyl groups is 1. The van der Waals surface area contributed by atoms with Crippen molar-refractivity contribution in [1.82, 2.24) is 10.3 Å². The summed E-state index contributed by atoms with van der Waals surface area (Å²) in [6.45, 7) is 2.99. The summed E-state index contributed by atoms with van der Waals surface area (Å²) in [4.78, 5) is 26.3. The second-order valence-corrected chi connectivity index (χ2v) is 3.79. The van der Waals surface area contributed by atoms with Gasteiger partial charge in [-0.2, -0.15) is 0 Å². The molecule has 0 bridgehead atoms. The number of rotatable bonds is 4. The van der Waals surface area contributed by atoms with Gasteiger partial charge in [0.25, 0.3) is 0 Å². The summed E-state index contributed by atoms with van der Waals surface area (Å²) >= 11 is 0. The molecule has 2 unspecified atom stereocenters. The maximum absolute atomic E-state index is 11.6. The molecule has 0 spiro atoms. The highest BCUT2D eigenvalue weighted by Crippen LogP contribution is 2.09. The van der Waals surface area contributed by atoms with Crippen LogP contribution >= 0.6 is 0 Å². The van der Waals surface area contributed by atoms with E-state index in [1.165, 1.54) is 6.92 Å². The van der Waals surface area contributed by atoms with Crippen molar-refractivity contribution in [3.05, 3.63) is 24.0 Å². The Kier molecular flexibility index (Phi) is 4.61. The Morgan fingerprint density at radius 2 is 2.11 bits per heavy atom. The van der Waals surface area contributed by atoms with Crippen LogP contribution in [0.2, 0.25) is 0 Å². The van der Waals surface area contributed by atoms with Crippen LogP contribution < -0.4 is 10.6 Å². The summed E-state index contributed by atoms with van der Waals surface area (Å²) in [5.74, 6) is -1.30. The maximum atomic E-state index is 11.6. The van der Waals surface area contributed by atoms with Crippen molar-refractivity contribution < 1.29 is 19.8 Å². The fraction of sp³-hybridized carbons (Fsp3) is 0.364. The molecule has 1 aromatic heterocycles. The number of hydrogen-bond donors (Lipinski definition) is 4. The topological polar surface area (TPSA) is 112 Å². The molecule has 7 nitrogen and oxygen atoms in total. The first-order chi connectivity index (χ1) is 8.41. The van der Waals surface area contributed by atoms with Gasteiger partial charge in [0.05, 0.1) is 17.5 Å². The Morgan fingerprint density at radius 1 is 1.44 bits per heavy atom. The molecule has 0 saturated heterocycles. The Hall–Kier alpha value is -2.15. The van der Waals surface area contributed by atoms with Gasteiger partial charge in [0.2, 0.25) is 0 Å². The molecule has 1 heterocycles. The number of carbonyl (C=O) groups is 2. The maximum Gasteiger partial charge on any atom is 0.328 e. The number of aryl methyl sites for hydroxylation is 1. The average molecular weight is 253 g/mol. The number of carbonyl (C=O) groups excluding carboxylic acids is 1. The molecule has 0 fully saturated rings. The predicted molar refractivity (Wildman–Crippen MR) is 64.2 cm³/mol. The number of carboxylic acid groups (broad SMARTS) is 1. The molecule has 1 rings (SSSR count). The van der Waals surface area contributed by atoms with Crippen LogP contribution in [0.25, 0.3) is 0 Å². The van der Waals surface area contributed by atoms with E-state index in [1.807, 2.05) is 0 Å². The first kappa shape index (κ1) is 13.9. The standard InChI is InChI=1S/C11H15N3O4/c1-6-8(4-3-5-12-6)13-11(18)14-9(7(2)15)10(16)17/h3-5,7,9,15H,1-2H3,(H,16,17)(H2,13,14,18). The fourth-order valence-corrected chi connectivity index (χ4v) is 1.30. The molecule has 2 amide bonds. The summed E-state index contributed by atoms with van der Waals surface area (Å²) in [7, 11) is 0. The largest absolute Gasteiger partial charge is 0.480 e. The third-order valence-corrected chi connectivity index (χ3v) is 2.29. The third kappa shape index (κ3) is 3.70. The van der Waals surface area contributed by atoms with Crippen LogP contribution in [0, 0.1) is 6.92 Å². The number of nitrogens with one attached hydrogen (secondary N) is 2. The van der Waals surface area contributed by atoms with E-state index < -0.39 is 24.1 Å². The van der Waals surface area contributed by atoms with E-state index in [2.05, 4.69) is 15.6 Å². The van der Waals surface area contributed by atoms with Gasteiger partial charge in [-0.05, 0) is 26.0 Å². The van der Waals surface area contributed by atoms with Crippen LogP contribution in [0.1, 0.15) is 12.6 Å². The zero-order chi connectivity index (χ0) is 13.7. The van der Waals surface area contributed by atoms with E-state index in [9.17, 15) is 14.7 Å². The molecule has 4 N–H and O–H groups in total. The van der Waals surface area contributed by atoms with E-state index in [-0.39, 0.29) is 0 Å². The van der Waals surface area contributed by atoms with Crippen LogP contribution in [-0.4, -0.2) is 39.3 Å². The fourth-order valence-electron chi connectivity index (χ4n) is 1.30. The van der Waals surface area contributed by atoms with Crippen LogP contribution in [0.3, 0.4) is 0 Å². The highest BCUT2D eigenvalue weighted by atomic mass is 16.4. The van der Waals surface area contributed by atoms with Gasteiger partial charge in [-0.25, -0.2) is 9.59 Å². The first-order valence-corrected chi connectivity index (χ1v) is 5.32. The number of hydrogen-bond acceptors (Lipinski definition) is 4. The Labute approximate surface area is 104 Å². The molecule has 0 radical (unpaired) electrons. The average Bonchev–Trinajstić information content (AvgIpc) is 2.28. The minimum Gasteiger partial charge on any atom is -0.480 e. The summed E-state index contributed by atoms with van der Waals surface area (Å²) in [5.41, 5.74) is 1.08. The molecule has 0 aromatic carbocycles. The molecule has 0 saturated carbocycles. The lowest BCUT2D eigenvalue weighted by atomic mass is 10.2. The second-order valence-electron chi connectivity index (χ2n) is 3.79. The van der Waals surface area contributed by atoms with Gasteiger partial charge in [-0.3, -0.25) is 4.98 Å². The van der Waals surface area contributed by atoms with Crippen molar-refractivity contribution in [2.75, 3.05) is 5.32 Å². The van der Waals surface area contributed by atoms with E-state index in [0.717, 1.165) is 0 Å². The zero-order valence-corrected chi connectivity index (χ0v) is 10.0. The van der Waals surface area contributed by atoms with Gasteiger partial charge in [-0.15, -0.1) is 0 Å². The molecule has 0 aliphatic carbocycles. The monoisotopic (exact) mass is 253 g/mol. The number of amides is 2. The molecule has 7 heteroatoms. The van der Waals surface area contributed by atoms with Gasteiger partial charge >= 0.3 is 12.0 Å². The number of nitrogens with zero attached hydrogens (tertiary/aromatic N) is 1. The SMILES string of the molecule is Cc1ncccc1NC(=O)NC(C(=O)O)C(C)O. The Bertz CT molecular complexity index is 448. The van der Waals surface area contributed by atoms with Crippen molar-refractivity contribution >= 4 is 17.7 Å². The van der Waals surface area contributed by atoms with Crippen molar-refractivity contribution in [2.45, 2.75) is 26.0 Å². The lowest BCUT2D eigenvalue weighted by Gasteiger charge is -2.17. The quantitative estimate of drug-likeness (QED) is 0.618. The molecule has 2 atom stereocenters. The van der Waals surface area contributed by atoms with Crippen molar-refractivity contribution in [1.29, 1.82) is 0 Å². The smallest absolute Gasteiger partial charge is 0.328 e. The highest BCUT2D eigenvalue weighted by Gasteiger charge is 2.24. The van der Waals surface area contributed by atoms with Crippen molar-refractivity contribution in [3.8, 4) is 0 Å². The molecular formula is C11H15N3O4. The number of aromatic nitrogens is 1. The minimum atomic E-state index is -1.36. The van der Waals surface area contributed by atoms with Gasteiger partial charge in [0, 0.05) is 6.20 Å². The molecule has 1 aromatic rings. The van der Waals surface area contributed by atoms with Crippen molar-refractivity contribution in [3.63, 3.8) is 0 Å². The zero-order valence-electron chi connectivity index (χ0n) is 10.0. The Balaban J connectivity index is 2.67. The highest BCUT2D eigenvalue weighted by molar-refractivity contribution is 5.92. The number of aliphatic hydroxyl groups excluding tert-OH is 1. The van der Waals surface area contributed by atoms with Gasteiger partial charge < -0.3 is 20.8 Å². The van der Waals surface area contributed by atoms with Gasteiger partial charge in [0.15, 0.2) is 6.04 Å². The number of aliphatic carboxylic acids is 1. The summed E-state index contributed by atoms with van der Waals surface area (Å²) in [5, 5.41) is 22.6. The molecular weight excluding hydrogens is 238 g/mol. The molecule has 0 aliphatic heterocycles. The second kappa shape index (κ2) is 5.97. The molecule has 98 valence electrons. The summed E-state index contributed by atoms with van der Waals surface area (Å²) in [6.07, 6.45) is 0.386. The van der Waals surface area contributed by atoms with E-state index in [0.29, 0.717) is 11.4 Å². The van der Waals surface area contributed by atoms with Crippen LogP contribution in [0.5, 0.6) is 0 Å². The number of carboxylic acids is 1. The Morgan fingerprint density at radius 3 is 2.61 bits per heavy atom. The summed E-state index contributed by atoms with van der Waals surface area (Å²) in [6, 6.07) is 1.22. The van der Waals surface area contributed by atoms with E-state index in [4.69, 9.17) is 5.11 Å². The third-order valence-electron chi connectivity index (χ3n) is 2.29. The van der Waals surface area contributed by atoms with Gasteiger partial charge in [-0.1, -0.05) is 0 Å². The lowest BCUT2D eigenvalue weighted by molar-refractivity contribution is -0.141. The van der Waals surface area contributed by atoms with E-state index >= 15 is 0 Å². The van der Waals surface area contributed by atoms with Crippen LogP contribution in [0.4, 0.5) is 10.5 Å². The van der Waals surface area contributed by atoms with Crippen molar-refractivity contribution in [2.24, 2.45) is 0 Å². The number of anilines is 1. The number of urea groups is 1. The normalized spacial score (nSPS) is 13.5. The number of pyridine rings is 1. The molecule has 0 aliphatic rings. The lowest BCUT2D eigenvalue weighted by Crippen LogP contribution is -2.49. The first-order valence-electron chi connectivity index (χ1n) is 5.32. The van der Waals surface area contributed by atoms with E-state index in [1.54, 1.807) is 25.3 Å². The van der Waals surface area contributed by atoms with Crippen LogP contribution in [0.15, 0.2) is 18.3 Å². The predicted octanol–water partition coefficient (Wildman–Crippen LogP) is 0.346. The molecule has 18 heavy (non-hydrogen) atoms. The van der Waals surface area contributed by atoms with Crippen LogP contribution in [-0.2, 0) is 4.79 Å². The summed E-state index contributed by atoms with van der Waals surface area (Å²) < 4.78 is 0. The van der Waals surface area contributed by atoms with Gasteiger partial charge in [0.1, 0.15) is 0 Å².